The lowest BCUT2D eigenvalue weighted by Gasteiger charge is -2.20. The second-order valence-electron chi connectivity index (χ2n) is 7.25. The number of fused-ring (bicyclic) bond motifs is 1. The fourth-order valence-corrected chi connectivity index (χ4v) is 3.89. The summed E-state index contributed by atoms with van der Waals surface area (Å²) in [6, 6.07) is 12.6. The SMILES string of the molecule is C=C(NC)c1ccc(-c2cnc3ccc(CC4CCCCC4)nn23)cc1. The molecule has 4 heteroatoms. The molecular weight excluding hydrogens is 320 g/mol. The molecule has 1 aliphatic carbocycles. The van der Waals surface area contributed by atoms with Gasteiger partial charge in [0.15, 0.2) is 5.65 Å². The average molecular weight is 346 g/mol. The Morgan fingerprint density at radius 2 is 1.88 bits per heavy atom. The van der Waals surface area contributed by atoms with Crippen LogP contribution in [0.25, 0.3) is 22.6 Å². The lowest BCUT2D eigenvalue weighted by atomic mass is 9.86. The van der Waals surface area contributed by atoms with E-state index in [2.05, 4.69) is 53.3 Å². The van der Waals surface area contributed by atoms with Gasteiger partial charge in [0.2, 0.25) is 0 Å². The van der Waals surface area contributed by atoms with Crippen molar-refractivity contribution >= 4 is 11.3 Å². The third kappa shape index (κ3) is 3.36. The van der Waals surface area contributed by atoms with Crippen LogP contribution in [0.4, 0.5) is 0 Å². The predicted molar refractivity (Wildman–Crippen MR) is 107 cm³/mol. The second kappa shape index (κ2) is 7.32. The summed E-state index contributed by atoms with van der Waals surface area (Å²) in [6.07, 6.45) is 9.80. The predicted octanol–water partition coefficient (Wildman–Crippen LogP) is 4.71. The minimum Gasteiger partial charge on any atom is -0.388 e. The smallest absolute Gasteiger partial charge is 0.154 e. The summed E-state index contributed by atoms with van der Waals surface area (Å²) in [4.78, 5) is 4.53. The molecule has 1 fully saturated rings. The third-order valence-electron chi connectivity index (χ3n) is 5.47. The maximum atomic E-state index is 4.90. The summed E-state index contributed by atoms with van der Waals surface area (Å²) in [5.41, 5.74) is 6.23. The topological polar surface area (TPSA) is 42.2 Å². The van der Waals surface area contributed by atoms with Crippen molar-refractivity contribution < 1.29 is 0 Å². The molecule has 2 aromatic heterocycles. The molecule has 26 heavy (non-hydrogen) atoms. The number of nitrogens with zero attached hydrogens (tertiary/aromatic N) is 3. The van der Waals surface area contributed by atoms with Crippen molar-refractivity contribution in [2.75, 3.05) is 7.05 Å². The number of hydrogen-bond acceptors (Lipinski definition) is 3. The third-order valence-corrected chi connectivity index (χ3v) is 5.47. The number of benzene rings is 1. The molecule has 0 aliphatic heterocycles. The van der Waals surface area contributed by atoms with Gasteiger partial charge in [-0.25, -0.2) is 9.50 Å². The van der Waals surface area contributed by atoms with E-state index in [1.54, 1.807) is 0 Å². The molecule has 1 aromatic carbocycles. The van der Waals surface area contributed by atoms with E-state index in [0.717, 1.165) is 40.5 Å². The molecular formula is C22H26N4. The van der Waals surface area contributed by atoms with E-state index >= 15 is 0 Å². The molecule has 0 bridgehead atoms. The minimum atomic E-state index is 0.785. The fourth-order valence-electron chi connectivity index (χ4n) is 3.89. The molecule has 0 atom stereocenters. The largest absolute Gasteiger partial charge is 0.388 e. The van der Waals surface area contributed by atoms with Crippen LogP contribution >= 0.6 is 0 Å². The molecule has 0 amide bonds. The van der Waals surface area contributed by atoms with Crippen LogP contribution in [-0.2, 0) is 6.42 Å². The van der Waals surface area contributed by atoms with Gasteiger partial charge in [0.05, 0.1) is 17.6 Å². The zero-order valence-corrected chi connectivity index (χ0v) is 15.4. The zero-order chi connectivity index (χ0) is 17.9. The van der Waals surface area contributed by atoms with Gasteiger partial charge in [0, 0.05) is 18.3 Å². The molecule has 1 N–H and O–H groups in total. The van der Waals surface area contributed by atoms with Crippen LogP contribution in [0.2, 0.25) is 0 Å². The molecule has 134 valence electrons. The minimum absolute atomic E-state index is 0.785. The molecule has 0 unspecified atom stereocenters. The highest BCUT2D eigenvalue weighted by Crippen LogP contribution is 2.27. The van der Waals surface area contributed by atoms with E-state index < -0.39 is 0 Å². The number of aromatic nitrogens is 3. The maximum absolute atomic E-state index is 4.90. The van der Waals surface area contributed by atoms with Gasteiger partial charge in [-0.05, 0) is 30.0 Å². The lowest BCUT2D eigenvalue weighted by molar-refractivity contribution is 0.353. The summed E-state index contributed by atoms with van der Waals surface area (Å²) < 4.78 is 1.99. The van der Waals surface area contributed by atoms with Crippen LogP contribution in [0.15, 0.2) is 49.2 Å². The Morgan fingerprint density at radius 3 is 2.62 bits per heavy atom. The van der Waals surface area contributed by atoms with E-state index in [9.17, 15) is 0 Å². The Morgan fingerprint density at radius 1 is 1.12 bits per heavy atom. The highest BCUT2D eigenvalue weighted by Gasteiger charge is 2.16. The molecule has 4 nitrogen and oxygen atoms in total. The lowest BCUT2D eigenvalue weighted by Crippen LogP contribution is -2.11. The van der Waals surface area contributed by atoms with Crippen LogP contribution in [0, 0.1) is 5.92 Å². The fraction of sp³-hybridized carbons (Fsp3) is 0.364. The summed E-state index contributed by atoms with van der Waals surface area (Å²) in [5, 5.41) is 7.99. The number of nitrogens with one attached hydrogen (secondary N) is 1. The van der Waals surface area contributed by atoms with Crippen LogP contribution in [0.3, 0.4) is 0 Å². The van der Waals surface area contributed by atoms with Crippen molar-refractivity contribution in [1.82, 2.24) is 19.9 Å². The highest BCUT2D eigenvalue weighted by atomic mass is 15.3. The quantitative estimate of drug-likeness (QED) is 0.727. The first-order chi connectivity index (χ1) is 12.7. The van der Waals surface area contributed by atoms with Gasteiger partial charge in [0.25, 0.3) is 0 Å². The molecule has 4 rings (SSSR count). The Labute approximate surface area is 155 Å². The van der Waals surface area contributed by atoms with E-state index in [1.807, 2.05) is 17.8 Å². The molecule has 2 heterocycles. The standard InChI is InChI=1S/C22H26N4/c1-16(23-2)18-8-10-19(11-9-18)21-15-24-22-13-12-20(25-26(21)22)14-17-6-4-3-5-7-17/h8-13,15,17,23H,1,3-7,14H2,2H3. The van der Waals surface area contributed by atoms with Crippen LogP contribution in [-0.4, -0.2) is 21.6 Å². The average Bonchev–Trinajstić information content (AvgIpc) is 3.11. The summed E-state index contributed by atoms with van der Waals surface area (Å²) in [5.74, 6) is 0.785. The monoisotopic (exact) mass is 346 g/mol. The molecule has 3 aromatic rings. The van der Waals surface area contributed by atoms with Crippen molar-refractivity contribution in [3.8, 4) is 11.3 Å². The molecule has 0 spiro atoms. The van der Waals surface area contributed by atoms with E-state index in [0.29, 0.717) is 0 Å². The Bertz CT molecular complexity index is 902. The van der Waals surface area contributed by atoms with Crippen LogP contribution < -0.4 is 5.32 Å². The first kappa shape index (κ1) is 16.8. The maximum Gasteiger partial charge on any atom is 0.154 e. The van der Waals surface area contributed by atoms with Gasteiger partial charge >= 0.3 is 0 Å². The van der Waals surface area contributed by atoms with E-state index in [-0.39, 0.29) is 0 Å². The summed E-state index contributed by atoms with van der Waals surface area (Å²) >= 11 is 0. The second-order valence-corrected chi connectivity index (χ2v) is 7.25. The summed E-state index contributed by atoms with van der Waals surface area (Å²) in [7, 11) is 1.89. The Balaban J connectivity index is 1.62. The normalized spacial score (nSPS) is 15.3. The Kier molecular flexibility index (Phi) is 4.74. The van der Waals surface area contributed by atoms with Crippen molar-refractivity contribution in [3.05, 3.63) is 60.4 Å². The van der Waals surface area contributed by atoms with Crippen molar-refractivity contribution in [3.63, 3.8) is 0 Å². The van der Waals surface area contributed by atoms with Gasteiger partial charge in [-0.1, -0.05) is 62.9 Å². The van der Waals surface area contributed by atoms with Gasteiger partial charge in [-0.3, -0.25) is 0 Å². The first-order valence-electron chi connectivity index (χ1n) is 9.56. The zero-order valence-electron chi connectivity index (χ0n) is 15.4. The number of hydrogen-bond donors (Lipinski definition) is 1. The van der Waals surface area contributed by atoms with Crippen molar-refractivity contribution in [1.29, 1.82) is 0 Å². The van der Waals surface area contributed by atoms with E-state index in [1.165, 1.54) is 37.8 Å². The van der Waals surface area contributed by atoms with Gasteiger partial charge in [-0.2, -0.15) is 5.10 Å². The van der Waals surface area contributed by atoms with Gasteiger partial charge in [0.1, 0.15) is 0 Å². The molecule has 1 saturated carbocycles. The molecule has 1 aliphatic rings. The van der Waals surface area contributed by atoms with Crippen LogP contribution in [0.5, 0.6) is 0 Å². The number of imidazole rings is 1. The molecule has 0 saturated heterocycles. The van der Waals surface area contributed by atoms with Crippen molar-refractivity contribution in [2.24, 2.45) is 5.92 Å². The highest BCUT2D eigenvalue weighted by molar-refractivity contribution is 5.68. The Hall–Kier alpha value is -2.62. The van der Waals surface area contributed by atoms with E-state index in [4.69, 9.17) is 5.10 Å². The number of rotatable bonds is 5. The van der Waals surface area contributed by atoms with Crippen LogP contribution in [0.1, 0.15) is 43.4 Å². The van der Waals surface area contributed by atoms with Gasteiger partial charge in [-0.15, -0.1) is 0 Å². The van der Waals surface area contributed by atoms with Gasteiger partial charge < -0.3 is 5.32 Å². The summed E-state index contributed by atoms with van der Waals surface area (Å²) in [6.45, 7) is 4.01. The molecule has 0 radical (unpaired) electrons. The first-order valence-corrected chi connectivity index (χ1v) is 9.56. The van der Waals surface area contributed by atoms with Crippen molar-refractivity contribution in [2.45, 2.75) is 38.5 Å².